The van der Waals surface area contributed by atoms with Gasteiger partial charge in [0.2, 0.25) is 0 Å². The van der Waals surface area contributed by atoms with Gasteiger partial charge in [-0.1, -0.05) is 0 Å². The summed E-state index contributed by atoms with van der Waals surface area (Å²) in [5, 5.41) is 0. The molecule has 0 unspecified atom stereocenters. The van der Waals surface area contributed by atoms with Crippen LogP contribution in [0.1, 0.15) is 0 Å². The van der Waals surface area contributed by atoms with Gasteiger partial charge in [0.25, 0.3) is 5.91 Å². The van der Waals surface area contributed by atoms with E-state index < -0.39 is 40.0 Å². The van der Waals surface area contributed by atoms with Crippen LogP contribution in [-0.4, -0.2) is 25.4 Å². The van der Waals surface area contributed by atoms with Gasteiger partial charge in [-0.15, -0.1) is 0 Å². The number of anilines is 1. The molecule has 1 amide bonds. The number of hydrogen-bond acceptors (Lipinski definition) is 3. The smallest absolute Gasteiger partial charge is 0.326 e. The molecule has 1 aliphatic rings. The van der Waals surface area contributed by atoms with E-state index in [9.17, 15) is 22.0 Å². The van der Waals surface area contributed by atoms with Crippen LogP contribution < -0.4 is 9.03 Å². The Morgan fingerprint density at radius 3 is 2.50 bits per heavy atom. The molecule has 0 spiro atoms. The number of rotatable bonds is 2. The molecule has 6 nitrogen and oxygen atoms in total. The predicted octanol–water partition coefficient (Wildman–Crippen LogP) is 1.15. The number of carbonyl (C=O) groups excluding carboxylic acids is 1. The Kier molecular flexibility index (Phi) is 3.17. The first-order chi connectivity index (χ1) is 10.3. The van der Waals surface area contributed by atoms with Gasteiger partial charge in [-0.2, -0.15) is 8.42 Å². The molecule has 2 heterocycles. The van der Waals surface area contributed by atoms with E-state index >= 15 is 0 Å². The zero-order chi connectivity index (χ0) is 16.1. The molecule has 1 fully saturated rings. The summed E-state index contributed by atoms with van der Waals surface area (Å²) in [6, 6.07) is 3.81. The maximum absolute atomic E-state index is 14.7. The predicted molar refractivity (Wildman–Crippen MR) is 75.2 cm³/mol. The van der Waals surface area contributed by atoms with Crippen molar-refractivity contribution in [3.63, 3.8) is 0 Å². The molecule has 3 rings (SSSR count). The normalized spacial score (nSPS) is 16.9. The molecule has 0 radical (unpaired) electrons. The molecule has 116 valence electrons. The Morgan fingerprint density at radius 2 is 1.95 bits per heavy atom. The first-order valence-electron chi connectivity index (χ1n) is 6.23. The van der Waals surface area contributed by atoms with E-state index in [1.54, 1.807) is 34.8 Å². The van der Waals surface area contributed by atoms with E-state index in [0.29, 0.717) is 9.87 Å². The third-order valence-corrected chi connectivity index (χ3v) is 4.66. The highest BCUT2D eigenvalue weighted by Gasteiger charge is 2.38. The van der Waals surface area contributed by atoms with Gasteiger partial charge in [-0.05, 0) is 18.2 Å². The van der Waals surface area contributed by atoms with Crippen molar-refractivity contribution in [3.8, 4) is 11.1 Å². The topological polar surface area (TPSA) is 71.4 Å². The van der Waals surface area contributed by atoms with Crippen molar-refractivity contribution < 1.29 is 22.0 Å². The SMILES string of the molecule is Cn1ccc(-c2ccc(F)c(N3CC(=O)NS3(=O)=O)c2F)c1. The third kappa shape index (κ3) is 2.23. The molecule has 0 aliphatic carbocycles. The Morgan fingerprint density at radius 1 is 1.23 bits per heavy atom. The molecule has 2 aromatic rings. The van der Waals surface area contributed by atoms with Crippen molar-refractivity contribution in [3.05, 3.63) is 42.2 Å². The first-order valence-corrected chi connectivity index (χ1v) is 7.67. The number of benzene rings is 1. The summed E-state index contributed by atoms with van der Waals surface area (Å²) < 4.78 is 56.0. The van der Waals surface area contributed by atoms with Gasteiger partial charge in [0, 0.05) is 30.6 Å². The number of hydrogen-bond donors (Lipinski definition) is 1. The van der Waals surface area contributed by atoms with Crippen LogP contribution in [0.3, 0.4) is 0 Å². The quantitative estimate of drug-likeness (QED) is 0.899. The lowest BCUT2D eigenvalue weighted by molar-refractivity contribution is -0.117. The molecule has 1 aromatic heterocycles. The molecule has 22 heavy (non-hydrogen) atoms. The van der Waals surface area contributed by atoms with Gasteiger partial charge in [0.05, 0.1) is 0 Å². The van der Waals surface area contributed by atoms with Crippen LogP contribution in [0.25, 0.3) is 11.1 Å². The zero-order valence-electron chi connectivity index (χ0n) is 11.4. The van der Waals surface area contributed by atoms with Gasteiger partial charge in [-0.25, -0.2) is 17.8 Å². The highest BCUT2D eigenvalue weighted by molar-refractivity contribution is 7.92. The van der Waals surface area contributed by atoms with Gasteiger partial charge in [0.15, 0.2) is 11.6 Å². The largest absolute Gasteiger partial charge is 0.357 e. The van der Waals surface area contributed by atoms with Crippen molar-refractivity contribution in [1.82, 2.24) is 9.29 Å². The molecule has 1 saturated heterocycles. The van der Waals surface area contributed by atoms with Crippen molar-refractivity contribution in [2.75, 3.05) is 10.8 Å². The molecule has 1 N–H and O–H groups in total. The Bertz CT molecular complexity index is 877. The Balaban J connectivity index is 2.19. The number of amides is 1. The lowest BCUT2D eigenvalue weighted by Crippen LogP contribution is -2.31. The molecular formula is C13H11F2N3O3S. The van der Waals surface area contributed by atoms with Crippen LogP contribution in [0, 0.1) is 11.6 Å². The minimum absolute atomic E-state index is 0.0477. The average Bonchev–Trinajstić information content (AvgIpc) is 2.93. The van der Waals surface area contributed by atoms with E-state index in [1.807, 2.05) is 0 Å². The monoisotopic (exact) mass is 327 g/mol. The van der Waals surface area contributed by atoms with E-state index in [4.69, 9.17) is 0 Å². The maximum atomic E-state index is 14.7. The minimum atomic E-state index is -4.28. The number of carbonyl (C=O) groups is 1. The average molecular weight is 327 g/mol. The molecule has 0 saturated carbocycles. The fourth-order valence-electron chi connectivity index (χ4n) is 2.30. The Hall–Kier alpha value is -2.42. The summed E-state index contributed by atoms with van der Waals surface area (Å²) in [5.74, 6) is -2.94. The summed E-state index contributed by atoms with van der Waals surface area (Å²) >= 11 is 0. The number of aromatic nitrogens is 1. The van der Waals surface area contributed by atoms with Gasteiger partial charge >= 0.3 is 10.2 Å². The lowest BCUT2D eigenvalue weighted by atomic mass is 10.1. The summed E-state index contributed by atoms with van der Waals surface area (Å²) in [4.78, 5) is 11.2. The van der Waals surface area contributed by atoms with Crippen LogP contribution in [0.2, 0.25) is 0 Å². The third-order valence-electron chi connectivity index (χ3n) is 3.28. The second kappa shape index (κ2) is 4.80. The van der Waals surface area contributed by atoms with Crippen molar-refractivity contribution >= 4 is 21.8 Å². The van der Waals surface area contributed by atoms with Crippen LogP contribution in [-0.2, 0) is 22.1 Å². The lowest BCUT2D eigenvalue weighted by Gasteiger charge is -2.17. The molecule has 0 atom stereocenters. The highest BCUT2D eigenvalue weighted by Crippen LogP contribution is 2.34. The second-order valence-electron chi connectivity index (χ2n) is 4.86. The van der Waals surface area contributed by atoms with Gasteiger partial charge < -0.3 is 4.57 Å². The zero-order valence-corrected chi connectivity index (χ0v) is 12.2. The van der Waals surface area contributed by atoms with Crippen LogP contribution in [0.15, 0.2) is 30.6 Å². The van der Waals surface area contributed by atoms with E-state index in [1.165, 1.54) is 6.07 Å². The number of aryl methyl sites for hydroxylation is 1. The van der Waals surface area contributed by atoms with Crippen molar-refractivity contribution in [2.45, 2.75) is 0 Å². The molecule has 1 aliphatic heterocycles. The Labute approximate surface area is 125 Å². The van der Waals surface area contributed by atoms with E-state index in [0.717, 1.165) is 6.07 Å². The summed E-state index contributed by atoms with van der Waals surface area (Å²) in [6.45, 7) is -0.658. The van der Waals surface area contributed by atoms with Gasteiger partial charge in [-0.3, -0.25) is 4.79 Å². The summed E-state index contributed by atoms with van der Waals surface area (Å²) in [7, 11) is -2.54. The number of nitrogens with zero attached hydrogens (tertiary/aromatic N) is 2. The minimum Gasteiger partial charge on any atom is -0.357 e. The van der Waals surface area contributed by atoms with E-state index in [-0.39, 0.29) is 5.56 Å². The summed E-state index contributed by atoms with van der Waals surface area (Å²) in [6.07, 6.45) is 3.29. The van der Waals surface area contributed by atoms with Crippen LogP contribution in [0.4, 0.5) is 14.5 Å². The number of halogens is 2. The molecular weight excluding hydrogens is 316 g/mol. The number of nitrogens with one attached hydrogen (secondary N) is 1. The van der Waals surface area contributed by atoms with Crippen molar-refractivity contribution in [2.24, 2.45) is 7.05 Å². The van der Waals surface area contributed by atoms with Crippen molar-refractivity contribution in [1.29, 1.82) is 0 Å². The molecule has 1 aromatic carbocycles. The highest BCUT2D eigenvalue weighted by atomic mass is 32.2. The van der Waals surface area contributed by atoms with E-state index in [2.05, 4.69) is 0 Å². The van der Waals surface area contributed by atoms with Crippen LogP contribution >= 0.6 is 0 Å². The molecule has 0 bridgehead atoms. The standard InChI is InChI=1S/C13H11F2N3O3S/c1-17-5-4-8(6-17)9-2-3-10(14)13(12(9)15)18-7-11(19)16-22(18,20)21/h2-6H,7H2,1H3,(H,16,19). The fourth-order valence-corrected chi connectivity index (χ4v) is 3.46. The summed E-state index contributed by atoms with van der Waals surface area (Å²) in [5.41, 5.74) is -0.247. The first kappa shape index (κ1) is 14.5. The van der Waals surface area contributed by atoms with Crippen LogP contribution in [0.5, 0.6) is 0 Å². The fraction of sp³-hybridized carbons (Fsp3) is 0.154. The second-order valence-corrected chi connectivity index (χ2v) is 6.46. The van der Waals surface area contributed by atoms with Gasteiger partial charge in [0.1, 0.15) is 12.2 Å². The molecule has 9 heteroatoms. The maximum Gasteiger partial charge on any atom is 0.326 e.